The summed E-state index contributed by atoms with van der Waals surface area (Å²) in [6.45, 7) is 1.53. The molecule has 4 nitrogen and oxygen atoms in total. The van der Waals surface area contributed by atoms with Crippen molar-refractivity contribution in [3.05, 3.63) is 0 Å². The fourth-order valence-corrected chi connectivity index (χ4v) is 1.02. The van der Waals surface area contributed by atoms with Crippen molar-refractivity contribution >= 4 is 7.12 Å². The van der Waals surface area contributed by atoms with Crippen molar-refractivity contribution in [3.63, 3.8) is 0 Å². The quantitative estimate of drug-likeness (QED) is 0.484. The molecule has 0 radical (unpaired) electrons. The summed E-state index contributed by atoms with van der Waals surface area (Å²) in [6.07, 6.45) is -0.722. The van der Waals surface area contributed by atoms with Crippen LogP contribution < -0.4 is 0 Å². The normalized spacial score (nSPS) is 33.3. The molecule has 0 aromatic carbocycles. The SMILES string of the molecule is CB1OC(CO)C(CO)O1. The van der Waals surface area contributed by atoms with Crippen LogP contribution in [0.15, 0.2) is 0 Å². The number of aliphatic hydroxyl groups excluding tert-OH is 2. The van der Waals surface area contributed by atoms with Crippen molar-refractivity contribution in [2.75, 3.05) is 13.2 Å². The van der Waals surface area contributed by atoms with Gasteiger partial charge in [0.1, 0.15) is 0 Å². The molecule has 0 spiro atoms. The van der Waals surface area contributed by atoms with Crippen molar-refractivity contribution in [1.82, 2.24) is 0 Å². The molecule has 0 aromatic rings. The summed E-state index contributed by atoms with van der Waals surface area (Å²) in [5.74, 6) is 0. The summed E-state index contributed by atoms with van der Waals surface area (Å²) in [5.41, 5.74) is 0. The van der Waals surface area contributed by atoms with Crippen LogP contribution in [0.25, 0.3) is 0 Å². The Hall–Kier alpha value is -0.0951. The van der Waals surface area contributed by atoms with Gasteiger partial charge in [-0.25, -0.2) is 0 Å². The molecule has 0 saturated carbocycles. The van der Waals surface area contributed by atoms with E-state index in [-0.39, 0.29) is 32.5 Å². The molecule has 1 saturated heterocycles. The zero-order chi connectivity index (χ0) is 7.56. The van der Waals surface area contributed by atoms with Crippen molar-refractivity contribution < 1.29 is 19.5 Å². The molecule has 0 aliphatic carbocycles. The van der Waals surface area contributed by atoms with E-state index < -0.39 is 0 Å². The highest BCUT2D eigenvalue weighted by Gasteiger charge is 2.35. The minimum absolute atomic E-state index is 0.102. The van der Waals surface area contributed by atoms with Gasteiger partial charge in [0.25, 0.3) is 0 Å². The fourth-order valence-electron chi connectivity index (χ4n) is 1.02. The van der Waals surface area contributed by atoms with Gasteiger partial charge in [-0.05, 0) is 6.82 Å². The lowest BCUT2D eigenvalue weighted by Crippen LogP contribution is -2.29. The Balaban J connectivity index is 2.41. The maximum atomic E-state index is 8.67. The van der Waals surface area contributed by atoms with E-state index in [0.29, 0.717) is 0 Å². The van der Waals surface area contributed by atoms with Gasteiger partial charge < -0.3 is 19.5 Å². The summed E-state index contributed by atoms with van der Waals surface area (Å²) in [4.78, 5) is 0. The van der Waals surface area contributed by atoms with Crippen molar-refractivity contribution in [2.45, 2.75) is 19.0 Å². The molecule has 10 heavy (non-hydrogen) atoms. The second-order valence-corrected chi connectivity index (χ2v) is 2.28. The lowest BCUT2D eigenvalue weighted by atomic mass is 9.97. The Bertz CT molecular complexity index is 97.8. The fraction of sp³-hybridized carbons (Fsp3) is 1.00. The maximum Gasteiger partial charge on any atom is 0.454 e. The minimum atomic E-state index is -0.361. The van der Waals surface area contributed by atoms with Crippen LogP contribution in [0.5, 0.6) is 0 Å². The lowest BCUT2D eigenvalue weighted by Gasteiger charge is -2.11. The van der Waals surface area contributed by atoms with E-state index in [9.17, 15) is 0 Å². The predicted molar refractivity (Wildman–Crippen MR) is 35.5 cm³/mol. The van der Waals surface area contributed by atoms with E-state index >= 15 is 0 Å². The van der Waals surface area contributed by atoms with Gasteiger partial charge in [0, 0.05) is 0 Å². The highest BCUT2D eigenvalue weighted by molar-refractivity contribution is 6.43. The van der Waals surface area contributed by atoms with Gasteiger partial charge >= 0.3 is 7.12 Å². The van der Waals surface area contributed by atoms with E-state index in [0.717, 1.165) is 0 Å². The standard InChI is InChI=1S/C5H11BO4/c1-6-9-4(2-7)5(3-8)10-6/h4-5,7-8H,2-3H2,1H3. The topological polar surface area (TPSA) is 58.9 Å². The molecule has 1 rings (SSSR count). The molecule has 0 amide bonds. The zero-order valence-corrected chi connectivity index (χ0v) is 5.86. The van der Waals surface area contributed by atoms with Crippen LogP contribution in [0.3, 0.4) is 0 Å². The third kappa shape index (κ3) is 1.49. The van der Waals surface area contributed by atoms with Gasteiger partial charge in [0.2, 0.25) is 0 Å². The molecule has 2 unspecified atom stereocenters. The van der Waals surface area contributed by atoms with Crippen LogP contribution >= 0.6 is 0 Å². The van der Waals surface area contributed by atoms with E-state index in [1.807, 2.05) is 0 Å². The molecule has 2 N–H and O–H groups in total. The number of rotatable bonds is 2. The lowest BCUT2D eigenvalue weighted by molar-refractivity contribution is 0.0525. The summed E-state index contributed by atoms with van der Waals surface area (Å²) in [6, 6.07) is 0. The molecule has 1 heterocycles. The van der Waals surface area contributed by atoms with Crippen molar-refractivity contribution in [1.29, 1.82) is 0 Å². The minimum Gasteiger partial charge on any atom is -0.403 e. The first-order chi connectivity index (χ1) is 4.77. The first-order valence-corrected chi connectivity index (χ1v) is 3.30. The monoisotopic (exact) mass is 146 g/mol. The average Bonchev–Trinajstić information content (AvgIpc) is 2.30. The smallest absolute Gasteiger partial charge is 0.403 e. The zero-order valence-electron chi connectivity index (χ0n) is 5.86. The van der Waals surface area contributed by atoms with Crippen LogP contribution in [0, 0.1) is 0 Å². The van der Waals surface area contributed by atoms with Gasteiger partial charge in [-0.3, -0.25) is 0 Å². The first-order valence-electron chi connectivity index (χ1n) is 3.30. The van der Waals surface area contributed by atoms with E-state index in [1.54, 1.807) is 6.82 Å². The average molecular weight is 146 g/mol. The Labute approximate surface area is 59.9 Å². The number of aliphatic hydroxyl groups is 2. The van der Waals surface area contributed by atoms with Crippen molar-refractivity contribution in [3.8, 4) is 0 Å². The molecule has 5 heteroatoms. The largest absolute Gasteiger partial charge is 0.454 e. The Morgan fingerprint density at radius 2 is 1.60 bits per heavy atom. The Morgan fingerprint density at radius 1 is 1.20 bits per heavy atom. The second-order valence-electron chi connectivity index (χ2n) is 2.28. The summed E-state index contributed by atoms with van der Waals surface area (Å²) >= 11 is 0. The molecule has 0 aromatic heterocycles. The van der Waals surface area contributed by atoms with Gasteiger partial charge in [0.15, 0.2) is 0 Å². The van der Waals surface area contributed by atoms with Gasteiger partial charge in [-0.2, -0.15) is 0 Å². The number of hydrogen-bond acceptors (Lipinski definition) is 4. The van der Waals surface area contributed by atoms with E-state index in [4.69, 9.17) is 19.5 Å². The molecule has 0 bridgehead atoms. The Morgan fingerprint density at radius 3 is 1.90 bits per heavy atom. The molecule has 1 aliphatic rings. The molecular weight excluding hydrogens is 135 g/mol. The first kappa shape index (κ1) is 8.01. The van der Waals surface area contributed by atoms with Gasteiger partial charge in [-0.1, -0.05) is 0 Å². The summed E-state index contributed by atoms with van der Waals surface area (Å²) in [5, 5.41) is 17.3. The highest BCUT2D eigenvalue weighted by atomic mass is 16.7. The second kappa shape index (κ2) is 3.34. The molecule has 1 aliphatic heterocycles. The van der Waals surface area contributed by atoms with Gasteiger partial charge in [0.05, 0.1) is 25.4 Å². The highest BCUT2D eigenvalue weighted by Crippen LogP contribution is 2.14. The van der Waals surface area contributed by atoms with E-state index in [1.165, 1.54) is 0 Å². The van der Waals surface area contributed by atoms with Gasteiger partial charge in [-0.15, -0.1) is 0 Å². The summed E-state index contributed by atoms with van der Waals surface area (Å²) in [7, 11) is -0.311. The third-order valence-corrected chi connectivity index (χ3v) is 1.51. The Kier molecular flexibility index (Phi) is 2.68. The molecule has 58 valence electrons. The van der Waals surface area contributed by atoms with Crippen LogP contribution in [0.1, 0.15) is 0 Å². The predicted octanol–water partition coefficient (Wildman–Crippen LogP) is -1.13. The number of hydrogen-bond donors (Lipinski definition) is 2. The maximum absolute atomic E-state index is 8.67. The molecule has 2 atom stereocenters. The molecular formula is C5H11BO4. The van der Waals surface area contributed by atoms with Crippen LogP contribution in [0.4, 0.5) is 0 Å². The summed E-state index contributed by atoms with van der Waals surface area (Å²) < 4.78 is 10.2. The molecule has 1 fully saturated rings. The van der Waals surface area contributed by atoms with Crippen LogP contribution in [-0.4, -0.2) is 42.8 Å². The van der Waals surface area contributed by atoms with Crippen LogP contribution in [-0.2, 0) is 9.31 Å². The van der Waals surface area contributed by atoms with Crippen molar-refractivity contribution in [2.24, 2.45) is 0 Å². The van der Waals surface area contributed by atoms with Crippen LogP contribution in [0.2, 0.25) is 6.82 Å². The van der Waals surface area contributed by atoms with E-state index in [2.05, 4.69) is 0 Å². The third-order valence-electron chi connectivity index (χ3n) is 1.51.